The average molecular weight is 726 g/mol. The van der Waals surface area contributed by atoms with E-state index in [1.807, 2.05) is 53.7 Å². The zero-order valence-electron chi connectivity index (χ0n) is 29.6. The minimum Gasteiger partial charge on any atom is -0.444 e. The fraction of sp³-hybridized carbons (Fsp3) is 0.529. The molecule has 5 N–H and O–H groups in total. The number of aromatic nitrogens is 2. The van der Waals surface area contributed by atoms with Gasteiger partial charge in [0.2, 0.25) is 0 Å². The van der Waals surface area contributed by atoms with Crippen LogP contribution in [0.5, 0.6) is 0 Å². The second-order valence-electron chi connectivity index (χ2n) is 14.0. The summed E-state index contributed by atoms with van der Waals surface area (Å²) >= 11 is 6.38. The topological polar surface area (TPSA) is 187 Å². The summed E-state index contributed by atoms with van der Waals surface area (Å²) in [4.78, 5) is 52.1. The molecular formula is C34H47N9O5S2. The van der Waals surface area contributed by atoms with Crippen molar-refractivity contribution in [3.05, 3.63) is 39.6 Å². The standard InChI is InChI=1S/C18H25N5O3S.C16H22N4O2S/c1-18(2,3)26-17(25)23-8-4-7-22(9-10-23)11-5-6-21-16-12(11)13(19)14(27-16)15(20)24;1-16(2,3)22-15(21)20-8-4-7-19(9-10-20)13-5-6-18-14(23)12(13)11-17/h5-6H,4,7-10,19H2,1-3H3,(H2,20,24);5-6H,4,7-10H2,1-3H3,(H,18,23). The van der Waals surface area contributed by atoms with Crippen LogP contribution in [0.1, 0.15) is 69.6 Å². The lowest BCUT2D eigenvalue weighted by Gasteiger charge is -2.27. The lowest BCUT2D eigenvalue weighted by atomic mass is 10.2. The fourth-order valence-corrected chi connectivity index (χ4v) is 6.80. The van der Waals surface area contributed by atoms with Gasteiger partial charge in [0.25, 0.3) is 5.91 Å². The number of hydrogen-bond donors (Lipinski definition) is 3. The van der Waals surface area contributed by atoms with E-state index in [9.17, 15) is 19.6 Å². The highest BCUT2D eigenvalue weighted by atomic mass is 32.1. The maximum absolute atomic E-state index is 12.4. The van der Waals surface area contributed by atoms with Gasteiger partial charge in [0.1, 0.15) is 37.2 Å². The third-order valence-electron chi connectivity index (χ3n) is 7.86. The molecule has 3 amide bonds. The van der Waals surface area contributed by atoms with Crippen molar-refractivity contribution in [2.24, 2.45) is 5.73 Å². The third kappa shape index (κ3) is 9.75. The Hall–Kier alpha value is -4.62. The molecule has 5 rings (SSSR count). The first-order valence-electron chi connectivity index (χ1n) is 16.5. The first kappa shape index (κ1) is 38.2. The monoisotopic (exact) mass is 725 g/mol. The molecular weight excluding hydrogens is 679 g/mol. The minimum atomic E-state index is -0.548. The molecule has 0 aromatic carbocycles. The first-order valence-corrected chi connectivity index (χ1v) is 17.8. The summed E-state index contributed by atoms with van der Waals surface area (Å²) in [6.07, 6.45) is 4.48. The molecule has 0 radical (unpaired) electrons. The SMILES string of the molecule is CC(C)(C)OC(=O)N1CCCN(c2cc[nH]c(=S)c2C#N)CC1.CC(C)(C)OC(=O)N1CCCN(c2ccnc3sc(C(N)=O)c(N)c23)CC1. The zero-order chi connectivity index (χ0) is 36.8. The number of rotatable bonds is 3. The largest absolute Gasteiger partial charge is 0.444 e. The lowest BCUT2D eigenvalue weighted by Crippen LogP contribution is -2.39. The van der Waals surface area contributed by atoms with Crippen LogP contribution in [0.25, 0.3) is 10.2 Å². The summed E-state index contributed by atoms with van der Waals surface area (Å²) in [5, 5.41) is 10.1. The van der Waals surface area contributed by atoms with Crippen LogP contribution in [-0.4, -0.2) is 101 Å². The van der Waals surface area contributed by atoms with Gasteiger partial charge >= 0.3 is 12.2 Å². The van der Waals surface area contributed by atoms with Crippen LogP contribution < -0.4 is 21.3 Å². The van der Waals surface area contributed by atoms with E-state index in [4.69, 9.17) is 33.2 Å². The number of amides is 3. The van der Waals surface area contributed by atoms with Crippen molar-refractivity contribution in [3.63, 3.8) is 0 Å². The molecule has 2 fully saturated rings. The minimum absolute atomic E-state index is 0.287. The van der Waals surface area contributed by atoms with Crippen molar-refractivity contribution in [1.29, 1.82) is 5.26 Å². The Balaban J connectivity index is 0.000000228. The van der Waals surface area contributed by atoms with Gasteiger partial charge in [-0.15, -0.1) is 11.3 Å². The number of nitrogens with one attached hydrogen (secondary N) is 1. The summed E-state index contributed by atoms with van der Waals surface area (Å²) < 4.78 is 11.4. The van der Waals surface area contributed by atoms with Crippen LogP contribution in [0.3, 0.4) is 0 Å². The van der Waals surface area contributed by atoms with Crippen LogP contribution in [-0.2, 0) is 9.47 Å². The van der Waals surface area contributed by atoms with E-state index in [1.54, 1.807) is 22.2 Å². The van der Waals surface area contributed by atoms with Crippen LogP contribution in [0.4, 0.5) is 26.7 Å². The van der Waals surface area contributed by atoms with Crippen LogP contribution in [0.2, 0.25) is 0 Å². The Bertz CT molecular complexity index is 1810. The number of primary amides is 1. The summed E-state index contributed by atoms with van der Waals surface area (Å²) in [7, 11) is 0. The predicted molar refractivity (Wildman–Crippen MR) is 198 cm³/mol. The van der Waals surface area contributed by atoms with Crippen molar-refractivity contribution >= 4 is 68.9 Å². The number of ether oxygens (including phenoxy) is 2. The van der Waals surface area contributed by atoms with Gasteiger partial charge in [-0.1, -0.05) is 12.2 Å². The van der Waals surface area contributed by atoms with E-state index in [-0.39, 0.29) is 12.2 Å². The van der Waals surface area contributed by atoms with E-state index >= 15 is 0 Å². The van der Waals surface area contributed by atoms with Crippen LogP contribution in [0, 0.1) is 16.0 Å². The number of nitrogens with zero attached hydrogens (tertiary/aromatic N) is 6. The number of thiophene rings is 1. The molecule has 16 heteroatoms. The highest BCUT2D eigenvalue weighted by molar-refractivity contribution is 7.71. The van der Waals surface area contributed by atoms with Crippen molar-refractivity contribution in [1.82, 2.24) is 19.8 Å². The summed E-state index contributed by atoms with van der Waals surface area (Å²) in [5.41, 5.74) is 13.2. The Morgan fingerprint density at radius 2 is 1.42 bits per heavy atom. The number of H-pyrrole nitrogens is 1. The van der Waals surface area contributed by atoms with E-state index in [0.29, 0.717) is 64.9 Å². The van der Waals surface area contributed by atoms with Crippen molar-refractivity contribution < 1.29 is 23.9 Å². The summed E-state index contributed by atoms with van der Waals surface area (Å²) in [5.74, 6) is -0.548. The fourth-order valence-electron chi connectivity index (χ4n) is 5.65. The molecule has 5 heterocycles. The zero-order valence-corrected chi connectivity index (χ0v) is 31.2. The van der Waals surface area contributed by atoms with Crippen molar-refractivity contribution in [2.75, 3.05) is 67.9 Å². The van der Waals surface area contributed by atoms with Crippen LogP contribution in [0.15, 0.2) is 24.5 Å². The summed E-state index contributed by atoms with van der Waals surface area (Å²) in [6, 6.07) is 5.91. The number of anilines is 3. The maximum Gasteiger partial charge on any atom is 0.410 e. The highest BCUT2D eigenvalue weighted by Crippen LogP contribution is 2.38. The average Bonchev–Trinajstić information content (AvgIpc) is 3.21. The van der Waals surface area contributed by atoms with Gasteiger partial charge in [-0.05, 0) is 66.5 Å². The van der Waals surface area contributed by atoms with E-state index < -0.39 is 17.1 Å². The lowest BCUT2D eigenvalue weighted by molar-refractivity contribution is 0.0253. The third-order valence-corrected chi connectivity index (χ3v) is 9.31. The van der Waals surface area contributed by atoms with E-state index in [2.05, 4.69) is 25.8 Å². The quantitative estimate of drug-likeness (QED) is 0.290. The Morgan fingerprint density at radius 3 is 1.92 bits per heavy atom. The van der Waals surface area contributed by atoms with Gasteiger partial charge in [-0.3, -0.25) is 4.79 Å². The van der Waals surface area contributed by atoms with Crippen molar-refractivity contribution in [3.8, 4) is 6.07 Å². The molecule has 270 valence electrons. The number of carbonyl (C=O) groups is 3. The number of nitrogen functional groups attached to an aromatic ring is 1. The molecule has 3 aromatic rings. The number of hydrogen-bond acceptors (Lipinski definition) is 12. The molecule has 14 nitrogen and oxygen atoms in total. The Morgan fingerprint density at radius 1 is 0.880 bits per heavy atom. The van der Waals surface area contributed by atoms with Gasteiger partial charge in [0, 0.05) is 64.8 Å². The highest BCUT2D eigenvalue weighted by Gasteiger charge is 2.27. The van der Waals surface area contributed by atoms with Gasteiger partial charge < -0.3 is 45.5 Å². The normalized spacial score (nSPS) is 15.7. The van der Waals surface area contributed by atoms with Crippen molar-refractivity contribution in [2.45, 2.75) is 65.6 Å². The number of nitriles is 1. The number of fused-ring (bicyclic) bond motifs is 1. The second kappa shape index (κ2) is 15.9. The second-order valence-corrected chi connectivity index (χ2v) is 15.4. The van der Waals surface area contributed by atoms with Crippen LogP contribution >= 0.6 is 23.6 Å². The predicted octanol–water partition coefficient (Wildman–Crippen LogP) is 5.49. The van der Waals surface area contributed by atoms with Gasteiger partial charge in [-0.25, -0.2) is 14.6 Å². The molecule has 2 aliphatic heterocycles. The molecule has 0 bridgehead atoms. The number of pyridine rings is 2. The number of nitrogens with two attached hydrogens (primary N) is 2. The molecule has 50 heavy (non-hydrogen) atoms. The Labute approximate surface area is 301 Å². The van der Waals surface area contributed by atoms with E-state index in [0.717, 1.165) is 42.7 Å². The Kier molecular flexibility index (Phi) is 12.2. The van der Waals surface area contributed by atoms with Gasteiger partial charge in [0.15, 0.2) is 0 Å². The number of carbonyl (C=O) groups excluding carboxylic acids is 3. The molecule has 0 aliphatic carbocycles. The molecule has 0 spiro atoms. The smallest absolute Gasteiger partial charge is 0.410 e. The van der Waals surface area contributed by atoms with E-state index in [1.165, 1.54) is 11.3 Å². The van der Waals surface area contributed by atoms with Gasteiger partial charge in [0.05, 0.1) is 22.4 Å². The molecule has 0 atom stereocenters. The molecule has 0 saturated carbocycles. The van der Waals surface area contributed by atoms with Gasteiger partial charge in [-0.2, -0.15) is 5.26 Å². The summed E-state index contributed by atoms with van der Waals surface area (Å²) in [6.45, 7) is 16.4. The number of aromatic amines is 1. The molecule has 3 aromatic heterocycles. The first-order chi connectivity index (χ1) is 23.5. The molecule has 2 saturated heterocycles. The molecule has 2 aliphatic rings. The maximum atomic E-state index is 12.4. The molecule has 0 unspecified atom stereocenters.